The Labute approximate surface area is 154 Å². The van der Waals surface area contributed by atoms with Crippen LogP contribution in [0.5, 0.6) is 5.75 Å². The van der Waals surface area contributed by atoms with Crippen molar-refractivity contribution in [2.45, 2.75) is 0 Å². The zero-order valence-corrected chi connectivity index (χ0v) is 14.7. The van der Waals surface area contributed by atoms with E-state index >= 15 is 0 Å². The Morgan fingerprint density at radius 3 is 2.69 bits per heavy atom. The average molecular weight is 364 g/mol. The third-order valence-electron chi connectivity index (χ3n) is 4.10. The maximum Gasteiger partial charge on any atom is 0.347 e. The van der Waals surface area contributed by atoms with E-state index in [9.17, 15) is 4.79 Å². The van der Waals surface area contributed by atoms with Gasteiger partial charge in [-0.3, -0.25) is 0 Å². The highest BCUT2D eigenvalue weighted by Crippen LogP contribution is 2.25. The number of hydrogen-bond acceptors (Lipinski definition) is 4. The summed E-state index contributed by atoms with van der Waals surface area (Å²) in [6.45, 7) is 0. The van der Waals surface area contributed by atoms with E-state index in [1.54, 1.807) is 31.4 Å². The fourth-order valence-corrected chi connectivity index (χ4v) is 2.99. The number of methoxy groups -OCH3 is 1. The van der Waals surface area contributed by atoms with Crippen LogP contribution in [0.2, 0.25) is 0 Å². The van der Waals surface area contributed by atoms with Crippen molar-refractivity contribution in [1.82, 2.24) is 4.98 Å². The van der Waals surface area contributed by atoms with Crippen molar-refractivity contribution in [3.63, 3.8) is 0 Å². The van der Waals surface area contributed by atoms with Crippen molar-refractivity contribution in [2.75, 3.05) is 7.11 Å². The van der Waals surface area contributed by atoms with Crippen LogP contribution in [0.3, 0.4) is 0 Å². The summed E-state index contributed by atoms with van der Waals surface area (Å²) in [5.74, 6) is 0.908. The van der Waals surface area contributed by atoms with Crippen LogP contribution >= 0.6 is 11.6 Å². The molecule has 4 nitrogen and oxygen atoms in total. The van der Waals surface area contributed by atoms with E-state index in [1.165, 1.54) is 0 Å². The van der Waals surface area contributed by atoms with Gasteiger partial charge in [0.1, 0.15) is 10.8 Å². The molecule has 0 atom stereocenters. The van der Waals surface area contributed by atoms with Crippen LogP contribution in [0.25, 0.3) is 32.8 Å². The predicted octanol–water partition coefficient (Wildman–Crippen LogP) is 5.09. The second-order valence-corrected chi connectivity index (χ2v) is 6.20. The van der Waals surface area contributed by atoms with Gasteiger partial charge < -0.3 is 9.15 Å². The SMILES string of the molecule is COc1ccc2cc(/C=C(\Cl)c3nc4ccccc4c(=O)o3)ccc2c1. The van der Waals surface area contributed by atoms with Gasteiger partial charge in [0.15, 0.2) is 0 Å². The van der Waals surface area contributed by atoms with Crippen molar-refractivity contribution in [3.05, 3.63) is 82.5 Å². The molecule has 26 heavy (non-hydrogen) atoms. The van der Waals surface area contributed by atoms with E-state index in [-0.39, 0.29) is 10.9 Å². The van der Waals surface area contributed by atoms with Gasteiger partial charge in [-0.2, -0.15) is 0 Å². The summed E-state index contributed by atoms with van der Waals surface area (Å²) in [6.07, 6.45) is 1.73. The second kappa shape index (κ2) is 6.65. The first kappa shape index (κ1) is 16.4. The zero-order chi connectivity index (χ0) is 18.1. The summed E-state index contributed by atoms with van der Waals surface area (Å²) in [5, 5.41) is 2.81. The minimum Gasteiger partial charge on any atom is -0.497 e. The molecule has 0 aliphatic rings. The van der Waals surface area contributed by atoms with Crippen LogP contribution in [0.15, 0.2) is 69.9 Å². The van der Waals surface area contributed by atoms with Crippen molar-refractivity contribution >= 4 is 44.4 Å². The standard InChI is InChI=1S/C21H14ClNO3/c1-25-16-9-8-14-10-13(6-7-15(14)12-16)11-18(22)20-23-19-5-3-2-4-17(19)21(24)26-20/h2-12H,1H3/b18-11-. The number of rotatable bonds is 3. The van der Waals surface area contributed by atoms with E-state index < -0.39 is 5.63 Å². The van der Waals surface area contributed by atoms with E-state index in [2.05, 4.69) is 4.98 Å². The number of hydrogen-bond donors (Lipinski definition) is 0. The van der Waals surface area contributed by atoms with E-state index in [4.69, 9.17) is 20.8 Å². The van der Waals surface area contributed by atoms with Crippen molar-refractivity contribution in [2.24, 2.45) is 0 Å². The van der Waals surface area contributed by atoms with Gasteiger partial charge >= 0.3 is 5.63 Å². The Balaban J connectivity index is 1.76. The minimum atomic E-state index is -0.456. The van der Waals surface area contributed by atoms with Crippen LogP contribution in [0.4, 0.5) is 0 Å². The molecule has 1 heterocycles. The summed E-state index contributed by atoms with van der Waals surface area (Å²) in [5.41, 5.74) is 0.976. The molecular weight excluding hydrogens is 350 g/mol. The Bertz CT molecular complexity index is 1210. The smallest absolute Gasteiger partial charge is 0.347 e. The van der Waals surface area contributed by atoms with Gasteiger partial charge in [-0.1, -0.05) is 41.9 Å². The van der Waals surface area contributed by atoms with Gasteiger partial charge in [0.2, 0.25) is 5.89 Å². The molecule has 0 unspecified atom stereocenters. The molecular formula is C21H14ClNO3. The van der Waals surface area contributed by atoms with Gasteiger partial charge in [-0.15, -0.1) is 0 Å². The first-order valence-electron chi connectivity index (χ1n) is 7.99. The number of fused-ring (bicyclic) bond motifs is 2. The second-order valence-electron chi connectivity index (χ2n) is 5.79. The van der Waals surface area contributed by atoms with Crippen molar-refractivity contribution in [1.29, 1.82) is 0 Å². The fourth-order valence-electron chi connectivity index (χ4n) is 2.79. The molecule has 0 N–H and O–H groups in total. The highest BCUT2D eigenvalue weighted by molar-refractivity contribution is 6.50. The summed E-state index contributed by atoms with van der Waals surface area (Å²) in [6, 6.07) is 18.8. The van der Waals surface area contributed by atoms with Crippen molar-refractivity contribution in [3.8, 4) is 5.75 Å². The topological polar surface area (TPSA) is 52.3 Å². The highest BCUT2D eigenvalue weighted by Gasteiger charge is 2.09. The van der Waals surface area contributed by atoms with Gasteiger partial charge in [0.25, 0.3) is 0 Å². The Morgan fingerprint density at radius 1 is 1.08 bits per heavy atom. The lowest BCUT2D eigenvalue weighted by Crippen LogP contribution is -2.03. The molecule has 0 aliphatic carbocycles. The molecule has 1 aromatic heterocycles. The lowest BCUT2D eigenvalue weighted by Gasteiger charge is -2.04. The zero-order valence-electron chi connectivity index (χ0n) is 13.9. The average Bonchev–Trinajstić information content (AvgIpc) is 2.67. The molecule has 128 valence electrons. The number of aromatic nitrogens is 1. The van der Waals surface area contributed by atoms with Crippen molar-refractivity contribution < 1.29 is 9.15 Å². The van der Waals surface area contributed by atoms with Gasteiger partial charge in [-0.25, -0.2) is 9.78 Å². The Hall–Kier alpha value is -3.11. The van der Waals surface area contributed by atoms with Crippen LogP contribution in [0, 0.1) is 0 Å². The number of nitrogens with zero attached hydrogens (tertiary/aromatic N) is 1. The molecule has 0 aliphatic heterocycles. The molecule has 0 bridgehead atoms. The summed E-state index contributed by atoms with van der Waals surface area (Å²) in [7, 11) is 1.64. The predicted molar refractivity (Wildman–Crippen MR) is 105 cm³/mol. The Morgan fingerprint density at radius 2 is 1.85 bits per heavy atom. The Kier molecular flexibility index (Phi) is 4.19. The first-order chi connectivity index (χ1) is 12.6. The summed E-state index contributed by atoms with van der Waals surface area (Å²) in [4.78, 5) is 16.4. The van der Waals surface area contributed by atoms with E-state index in [0.29, 0.717) is 10.9 Å². The molecule has 0 radical (unpaired) electrons. The molecule has 3 aromatic carbocycles. The molecule has 0 spiro atoms. The van der Waals surface area contributed by atoms with Crippen LogP contribution in [-0.2, 0) is 0 Å². The highest BCUT2D eigenvalue weighted by atomic mass is 35.5. The monoisotopic (exact) mass is 363 g/mol. The van der Waals surface area contributed by atoms with Crippen LogP contribution in [-0.4, -0.2) is 12.1 Å². The lowest BCUT2D eigenvalue weighted by molar-refractivity contribution is 0.415. The summed E-state index contributed by atoms with van der Waals surface area (Å²) >= 11 is 6.36. The van der Waals surface area contributed by atoms with E-state index in [0.717, 1.165) is 22.1 Å². The fraction of sp³-hybridized carbons (Fsp3) is 0.0476. The van der Waals surface area contributed by atoms with Gasteiger partial charge in [0, 0.05) is 0 Å². The molecule has 0 saturated heterocycles. The van der Waals surface area contributed by atoms with Gasteiger partial charge in [0.05, 0.1) is 18.0 Å². The molecule has 4 rings (SSSR count). The molecule has 0 fully saturated rings. The third kappa shape index (κ3) is 3.07. The first-order valence-corrected chi connectivity index (χ1v) is 8.37. The van der Waals surface area contributed by atoms with E-state index in [1.807, 2.05) is 42.5 Å². The maximum atomic E-state index is 12.1. The summed E-state index contributed by atoms with van der Waals surface area (Å²) < 4.78 is 10.5. The van der Waals surface area contributed by atoms with Crippen LogP contribution < -0.4 is 10.4 Å². The maximum absolute atomic E-state index is 12.1. The normalized spacial score (nSPS) is 11.8. The number of benzene rings is 3. The molecule has 5 heteroatoms. The number of halogens is 1. The third-order valence-corrected chi connectivity index (χ3v) is 4.38. The largest absolute Gasteiger partial charge is 0.497 e. The van der Waals surface area contributed by atoms with Gasteiger partial charge in [-0.05, 0) is 52.7 Å². The lowest BCUT2D eigenvalue weighted by atomic mass is 10.1. The number of ether oxygens (including phenoxy) is 1. The van der Waals surface area contributed by atoms with Crippen LogP contribution in [0.1, 0.15) is 11.5 Å². The minimum absolute atomic E-state index is 0.102. The molecule has 0 amide bonds. The molecule has 0 saturated carbocycles. The molecule has 4 aromatic rings. The number of para-hydroxylation sites is 1. The quantitative estimate of drug-likeness (QED) is 0.509.